The number of anilines is 1. The zero-order chi connectivity index (χ0) is 21.1. The number of nitrogens with one attached hydrogen (secondary N) is 1. The van der Waals surface area contributed by atoms with Crippen LogP contribution < -0.4 is 15.0 Å². The van der Waals surface area contributed by atoms with Gasteiger partial charge in [0.25, 0.3) is 11.8 Å². The molecule has 0 unspecified atom stereocenters. The van der Waals surface area contributed by atoms with E-state index in [1.54, 1.807) is 37.3 Å². The average Bonchev–Trinajstić information content (AvgIpc) is 2.66. The molecule has 2 aromatic carbocycles. The maximum Gasteiger partial charge on any atom is 0.335 e. The van der Waals surface area contributed by atoms with E-state index < -0.39 is 17.8 Å². The van der Waals surface area contributed by atoms with E-state index in [4.69, 9.17) is 22.8 Å². The van der Waals surface area contributed by atoms with Gasteiger partial charge in [-0.25, -0.2) is 9.69 Å². The highest BCUT2D eigenvalue weighted by molar-refractivity contribution is 6.39. The Morgan fingerprint density at radius 2 is 1.93 bits per heavy atom. The van der Waals surface area contributed by atoms with Gasteiger partial charge in [-0.2, -0.15) is 0 Å². The highest BCUT2D eigenvalue weighted by Gasteiger charge is 2.37. The maximum absolute atomic E-state index is 13.1. The van der Waals surface area contributed by atoms with Crippen LogP contribution in [0.25, 0.3) is 6.08 Å². The lowest BCUT2D eigenvalue weighted by atomic mass is 10.0. The summed E-state index contributed by atoms with van der Waals surface area (Å²) in [4.78, 5) is 38.8. The number of aryl methyl sites for hydroxylation is 2. The molecule has 0 aliphatic carbocycles. The van der Waals surface area contributed by atoms with Crippen molar-refractivity contribution in [3.63, 3.8) is 0 Å². The van der Waals surface area contributed by atoms with Crippen LogP contribution in [0.1, 0.15) is 16.7 Å². The number of carbonyl (C=O) groups excluding carboxylic acids is 3. The molecule has 0 aromatic heterocycles. The number of rotatable bonds is 4. The largest absolute Gasteiger partial charge is 0.480 e. The van der Waals surface area contributed by atoms with Crippen molar-refractivity contribution in [3.05, 3.63) is 63.7 Å². The molecule has 146 valence electrons. The van der Waals surface area contributed by atoms with Crippen molar-refractivity contribution < 1.29 is 19.1 Å². The van der Waals surface area contributed by atoms with Crippen LogP contribution >= 0.6 is 11.6 Å². The van der Waals surface area contributed by atoms with Gasteiger partial charge in [-0.3, -0.25) is 14.9 Å². The van der Waals surface area contributed by atoms with Gasteiger partial charge in [-0.15, -0.1) is 6.42 Å². The first-order valence-corrected chi connectivity index (χ1v) is 9.04. The van der Waals surface area contributed by atoms with Crippen molar-refractivity contribution in [1.82, 2.24) is 5.32 Å². The van der Waals surface area contributed by atoms with Gasteiger partial charge in [0.05, 0.1) is 5.69 Å². The van der Waals surface area contributed by atoms with Gasteiger partial charge in [0.15, 0.2) is 0 Å². The Hall–Kier alpha value is -3.56. The van der Waals surface area contributed by atoms with E-state index in [2.05, 4.69) is 11.2 Å². The second-order valence-corrected chi connectivity index (χ2v) is 6.86. The van der Waals surface area contributed by atoms with Crippen molar-refractivity contribution in [2.75, 3.05) is 11.5 Å². The molecular formula is C22H17ClN2O4. The third kappa shape index (κ3) is 4.15. The molecule has 0 radical (unpaired) electrons. The van der Waals surface area contributed by atoms with E-state index >= 15 is 0 Å². The van der Waals surface area contributed by atoms with Crippen molar-refractivity contribution in [1.29, 1.82) is 0 Å². The van der Waals surface area contributed by atoms with Gasteiger partial charge in [0, 0.05) is 10.6 Å². The Kier molecular flexibility index (Phi) is 5.71. The fourth-order valence-corrected chi connectivity index (χ4v) is 3.15. The third-order valence-corrected chi connectivity index (χ3v) is 4.51. The molecule has 4 amide bonds. The molecule has 1 aliphatic heterocycles. The fourth-order valence-electron chi connectivity index (χ4n) is 2.97. The number of benzene rings is 2. The number of barbiturate groups is 1. The van der Waals surface area contributed by atoms with E-state index in [0.29, 0.717) is 22.0 Å². The van der Waals surface area contributed by atoms with Gasteiger partial charge in [0.1, 0.15) is 17.9 Å². The van der Waals surface area contributed by atoms with Crippen molar-refractivity contribution in [3.8, 4) is 18.1 Å². The molecule has 0 saturated carbocycles. The van der Waals surface area contributed by atoms with Crippen LogP contribution in [0.5, 0.6) is 5.75 Å². The van der Waals surface area contributed by atoms with Crippen LogP contribution in [-0.4, -0.2) is 24.5 Å². The van der Waals surface area contributed by atoms with Crippen LogP contribution in [-0.2, 0) is 9.59 Å². The van der Waals surface area contributed by atoms with E-state index in [9.17, 15) is 14.4 Å². The summed E-state index contributed by atoms with van der Waals surface area (Å²) < 4.78 is 5.46. The Morgan fingerprint density at radius 3 is 2.62 bits per heavy atom. The van der Waals surface area contributed by atoms with Gasteiger partial charge in [-0.05, 0) is 49.8 Å². The standard InChI is InChI=1S/C22H17ClN2O4/c1-4-9-29-19-8-6-16(23)11-15(19)12-17-20(26)24-22(28)25(21(17)27)18-7-5-13(2)10-14(18)3/h1,5-8,10-12H,9H2,2-3H3,(H,24,26,28)/b17-12+. The number of urea groups is 1. The normalized spacial score (nSPS) is 15.3. The predicted octanol–water partition coefficient (Wildman–Crippen LogP) is 3.64. The third-order valence-electron chi connectivity index (χ3n) is 4.28. The molecule has 1 aliphatic rings. The highest BCUT2D eigenvalue weighted by atomic mass is 35.5. The minimum absolute atomic E-state index is 0.00508. The van der Waals surface area contributed by atoms with Crippen molar-refractivity contribution in [2.24, 2.45) is 0 Å². The molecule has 29 heavy (non-hydrogen) atoms. The molecule has 1 saturated heterocycles. The molecule has 0 bridgehead atoms. The Labute approximate surface area is 173 Å². The molecule has 7 heteroatoms. The Balaban J connectivity index is 2.07. The lowest BCUT2D eigenvalue weighted by Crippen LogP contribution is -2.54. The van der Waals surface area contributed by atoms with E-state index in [1.165, 1.54) is 6.08 Å². The monoisotopic (exact) mass is 408 g/mol. The second-order valence-electron chi connectivity index (χ2n) is 6.42. The molecule has 1 heterocycles. The van der Waals surface area contributed by atoms with Gasteiger partial charge < -0.3 is 4.74 Å². The summed E-state index contributed by atoms with van der Waals surface area (Å²) in [6.45, 7) is 3.69. The van der Waals surface area contributed by atoms with Crippen molar-refractivity contribution in [2.45, 2.75) is 13.8 Å². The maximum atomic E-state index is 13.1. The number of halogens is 1. The molecule has 2 aromatic rings. The number of terminal acetylenes is 1. The number of amides is 4. The first-order valence-electron chi connectivity index (χ1n) is 8.66. The van der Waals surface area contributed by atoms with Gasteiger partial charge in [-0.1, -0.05) is 35.2 Å². The Morgan fingerprint density at radius 1 is 1.17 bits per heavy atom. The minimum Gasteiger partial charge on any atom is -0.480 e. The van der Waals surface area contributed by atoms with Crippen LogP contribution in [0.15, 0.2) is 42.0 Å². The van der Waals surface area contributed by atoms with Crippen LogP contribution in [0, 0.1) is 26.2 Å². The summed E-state index contributed by atoms with van der Waals surface area (Å²) in [5.74, 6) is 1.16. The summed E-state index contributed by atoms with van der Waals surface area (Å²) in [5, 5.41) is 2.59. The predicted molar refractivity (Wildman–Crippen MR) is 111 cm³/mol. The number of nitrogens with zero attached hydrogens (tertiary/aromatic N) is 1. The molecular weight excluding hydrogens is 392 g/mol. The summed E-state index contributed by atoms with van der Waals surface area (Å²) in [7, 11) is 0. The number of carbonyl (C=O) groups is 3. The number of hydrogen-bond donors (Lipinski definition) is 1. The quantitative estimate of drug-likeness (QED) is 0.476. The number of ether oxygens (including phenoxy) is 1. The molecule has 6 nitrogen and oxygen atoms in total. The smallest absolute Gasteiger partial charge is 0.335 e. The lowest BCUT2D eigenvalue weighted by Gasteiger charge is -2.27. The summed E-state index contributed by atoms with van der Waals surface area (Å²) >= 11 is 6.05. The summed E-state index contributed by atoms with van der Waals surface area (Å²) in [5.41, 5.74) is 2.27. The van der Waals surface area contributed by atoms with Crippen molar-refractivity contribution >= 4 is 41.2 Å². The zero-order valence-corrected chi connectivity index (χ0v) is 16.5. The molecule has 1 N–H and O–H groups in total. The molecule has 0 spiro atoms. The Bertz CT molecular complexity index is 1100. The molecule has 1 fully saturated rings. The van der Waals surface area contributed by atoms with Crippen LogP contribution in [0.4, 0.5) is 10.5 Å². The molecule has 3 rings (SSSR count). The van der Waals surface area contributed by atoms with E-state index in [-0.39, 0.29) is 12.2 Å². The number of hydrogen-bond acceptors (Lipinski definition) is 4. The average molecular weight is 409 g/mol. The van der Waals surface area contributed by atoms with Gasteiger partial charge >= 0.3 is 6.03 Å². The summed E-state index contributed by atoms with van der Waals surface area (Å²) in [6.07, 6.45) is 6.56. The molecule has 0 atom stereocenters. The minimum atomic E-state index is -0.806. The van der Waals surface area contributed by atoms with E-state index in [0.717, 1.165) is 16.0 Å². The fraction of sp³-hybridized carbons (Fsp3) is 0.136. The highest BCUT2D eigenvalue weighted by Crippen LogP contribution is 2.29. The zero-order valence-electron chi connectivity index (χ0n) is 15.8. The first kappa shape index (κ1) is 20.2. The van der Waals surface area contributed by atoms with Gasteiger partial charge in [0.2, 0.25) is 0 Å². The SMILES string of the molecule is C#CCOc1ccc(Cl)cc1/C=C1\C(=O)NC(=O)N(c2ccc(C)cc2C)C1=O. The summed E-state index contributed by atoms with van der Waals surface area (Å²) in [6, 6.07) is 9.21. The first-order chi connectivity index (χ1) is 13.8. The van der Waals surface area contributed by atoms with Crippen LogP contribution in [0.3, 0.4) is 0 Å². The number of imide groups is 2. The van der Waals surface area contributed by atoms with Crippen LogP contribution in [0.2, 0.25) is 5.02 Å². The topological polar surface area (TPSA) is 75.7 Å². The van der Waals surface area contributed by atoms with E-state index in [1.807, 2.05) is 13.0 Å². The lowest BCUT2D eigenvalue weighted by molar-refractivity contribution is -0.122. The second kappa shape index (κ2) is 8.21.